The fourth-order valence-electron chi connectivity index (χ4n) is 4.37. The molecule has 0 saturated carbocycles. The van der Waals surface area contributed by atoms with Crippen LogP contribution in [0.1, 0.15) is 46.1 Å². The summed E-state index contributed by atoms with van der Waals surface area (Å²) in [5, 5.41) is 0.571. The first-order valence-corrected chi connectivity index (χ1v) is 12.6. The molecule has 0 aliphatic carbocycles. The molecule has 11 heteroatoms. The lowest BCUT2D eigenvalue weighted by Crippen LogP contribution is -2.42. The summed E-state index contributed by atoms with van der Waals surface area (Å²) in [6.07, 6.45) is 2.12. The second-order valence-electron chi connectivity index (χ2n) is 10.1. The standard InChI is InChI=1S/C25H32ClN5O5/c1-5-16-12-19-18(13-17(16)26)27-20-21(28-23(33)29-22(20)32)31(19)10-11-35-14-15-6-8-30(9-7-15)24(34)36-25(2,3)4/h12-13,15H,5-11,14H2,1-4H3,(H,29,32,33). The quantitative estimate of drug-likeness (QED) is 0.392. The molecule has 1 saturated heterocycles. The zero-order chi connectivity index (χ0) is 26.0. The summed E-state index contributed by atoms with van der Waals surface area (Å²) in [6, 6.07) is 3.65. The third-order valence-corrected chi connectivity index (χ3v) is 6.59. The molecule has 0 radical (unpaired) electrons. The lowest BCUT2D eigenvalue weighted by atomic mass is 9.98. The van der Waals surface area contributed by atoms with Crippen molar-refractivity contribution in [2.75, 3.05) is 26.3 Å². The highest BCUT2D eigenvalue weighted by Gasteiger charge is 2.27. The largest absolute Gasteiger partial charge is 0.444 e. The van der Waals surface area contributed by atoms with Crippen molar-refractivity contribution in [3.05, 3.63) is 43.6 Å². The Morgan fingerprint density at radius 3 is 2.58 bits per heavy atom. The van der Waals surface area contributed by atoms with Gasteiger partial charge in [-0.1, -0.05) is 18.5 Å². The number of hydrogen-bond donors (Lipinski definition) is 1. The molecule has 0 unspecified atom stereocenters. The first-order valence-electron chi connectivity index (χ1n) is 12.2. The SMILES string of the molecule is CCc1cc2c(cc1Cl)nc1c(=O)[nH]c(=O)nc-1n2CCOCC1CCN(C(=O)OC(C)(C)C)CC1. The van der Waals surface area contributed by atoms with E-state index in [4.69, 9.17) is 21.1 Å². The maximum Gasteiger partial charge on any atom is 0.410 e. The van der Waals surface area contributed by atoms with Gasteiger partial charge in [-0.25, -0.2) is 14.6 Å². The van der Waals surface area contributed by atoms with Crippen LogP contribution in [0.15, 0.2) is 21.7 Å². The smallest absolute Gasteiger partial charge is 0.410 e. The van der Waals surface area contributed by atoms with Gasteiger partial charge in [0, 0.05) is 31.3 Å². The van der Waals surface area contributed by atoms with Crippen molar-refractivity contribution in [2.45, 2.75) is 59.1 Å². The van der Waals surface area contributed by atoms with Crippen molar-refractivity contribution < 1.29 is 14.3 Å². The average molecular weight is 518 g/mol. The first-order chi connectivity index (χ1) is 17.1. The fourth-order valence-corrected chi connectivity index (χ4v) is 4.66. The molecule has 1 N–H and O–H groups in total. The van der Waals surface area contributed by atoms with Crippen LogP contribution in [-0.2, 0) is 22.4 Å². The summed E-state index contributed by atoms with van der Waals surface area (Å²) in [7, 11) is 0. The van der Waals surface area contributed by atoms with Crippen LogP contribution in [0.25, 0.3) is 22.6 Å². The average Bonchev–Trinajstić information content (AvgIpc) is 2.80. The number of rotatable bonds is 6. The van der Waals surface area contributed by atoms with E-state index in [1.807, 2.05) is 33.8 Å². The number of H-pyrrole nitrogens is 1. The fraction of sp³-hybridized carbons (Fsp3) is 0.560. The van der Waals surface area contributed by atoms with Crippen LogP contribution in [-0.4, -0.2) is 62.4 Å². The summed E-state index contributed by atoms with van der Waals surface area (Å²) in [5.74, 6) is 0.550. The number of halogens is 1. The highest BCUT2D eigenvalue weighted by Crippen LogP contribution is 2.27. The van der Waals surface area contributed by atoms with Gasteiger partial charge in [0.25, 0.3) is 5.56 Å². The van der Waals surface area contributed by atoms with Crippen LogP contribution in [0.3, 0.4) is 0 Å². The van der Waals surface area contributed by atoms with E-state index in [9.17, 15) is 14.4 Å². The van der Waals surface area contributed by atoms with Gasteiger partial charge in [0.1, 0.15) is 5.60 Å². The topological polar surface area (TPSA) is 119 Å². The van der Waals surface area contributed by atoms with Crippen LogP contribution in [0.2, 0.25) is 5.02 Å². The Hall–Kier alpha value is -2.98. The van der Waals surface area contributed by atoms with E-state index in [0.717, 1.165) is 30.3 Å². The number of nitrogens with zero attached hydrogens (tertiary/aromatic N) is 4. The van der Waals surface area contributed by atoms with E-state index < -0.39 is 16.9 Å². The van der Waals surface area contributed by atoms with Crippen molar-refractivity contribution in [3.8, 4) is 11.5 Å². The first kappa shape index (κ1) is 26.1. The molecule has 1 aromatic rings. The number of carbonyl (C=O) groups is 1. The number of piperidine rings is 1. The summed E-state index contributed by atoms with van der Waals surface area (Å²) in [5.41, 5.74) is 0.478. The molecule has 36 heavy (non-hydrogen) atoms. The van der Waals surface area contributed by atoms with Gasteiger partial charge in [-0.3, -0.25) is 9.78 Å². The number of aromatic amines is 1. The lowest BCUT2D eigenvalue weighted by Gasteiger charge is -2.33. The number of carbonyl (C=O) groups excluding carboxylic acids is 1. The number of ether oxygens (including phenoxy) is 2. The van der Waals surface area contributed by atoms with E-state index in [1.165, 1.54) is 0 Å². The molecule has 0 aromatic heterocycles. The van der Waals surface area contributed by atoms with E-state index in [-0.39, 0.29) is 17.6 Å². The van der Waals surface area contributed by atoms with Crippen molar-refractivity contribution in [1.82, 2.24) is 24.4 Å². The maximum absolute atomic E-state index is 12.4. The van der Waals surface area contributed by atoms with E-state index in [1.54, 1.807) is 15.5 Å². The molecule has 0 spiro atoms. The zero-order valence-electron chi connectivity index (χ0n) is 21.1. The van der Waals surface area contributed by atoms with E-state index in [0.29, 0.717) is 49.3 Å². The Morgan fingerprint density at radius 2 is 1.92 bits per heavy atom. The molecular weight excluding hydrogens is 486 g/mol. The molecule has 0 bridgehead atoms. The lowest BCUT2D eigenvalue weighted by molar-refractivity contribution is 0.0114. The van der Waals surface area contributed by atoms with E-state index >= 15 is 0 Å². The van der Waals surface area contributed by atoms with Crippen LogP contribution >= 0.6 is 11.6 Å². The van der Waals surface area contributed by atoms with Gasteiger partial charge in [0.2, 0.25) is 0 Å². The van der Waals surface area contributed by atoms with Gasteiger partial charge < -0.3 is 18.9 Å². The minimum absolute atomic E-state index is 0.0805. The number of likely N-dealkylation sites (tertiary alicyclic amines) is 1. The predicted octanol–water partition coefficient (Wildman–Crippen LogP) is 3.46. The van der Waals surface area contributed by atoms with Gasteiger partial charge in [0.05, 0.1) is 17.6 Å². The maximum atomic E-state index is 12.4. The number of amides is 1. The van der Waals surface area contributed by atoms with Crippen molar-refractivity contribution in [1.29, 1.82) is 0 Å². The Bertz CT molecular complexity index is 1340. The van der Waals surface area contributed by atoms with Crippen molar-refractivity contribution in [3.63, 3.8) is 0 Å². The van der Waals surface area contributed by atoms with E-state index in [2.05, 4.69) is 15.0 Å². The molecule has 1 amide bonds. The Balaban J connectivity index is 1.44. The van der Waals surface area contributed by atoms with Crippen molar-refractivity contribution in [2.24, 2.45) is 5.92 Å². The van der Waals surface area contributed by atoms with Gasteiger partial charge in [-0.2, -0.15) is 4.98 Å². The summed E-state index contributed by atoms with van der Waals surface area (Å²) < 4.78 is 13.3. The van der Waals surface area contributed by atoms with Crippen LogP contribution < -0.4 is 11.2 Å². The Labute approximate surface area is 213 Å². The zero-order valence-corrected chi connectivity index (χ0v) is 21.9. The minimum Gasteiger partial charge on any atom is -0.444 e. The molecule has 10 nitrogen and oxygen atoms in total. The summed E-state index contributed by atoms with van der Waals surface area (Å²) >= 11 is 6.39. The van der Waals surface area contributed by atoms with Gasteiger partial charge in [-0.15, -0.1) is 0 Å². The van der Waals surface area contributed by atoms with Crippen molar-refractivity contribution >= 4 is 28.7 Å². The number of nitrogens with one attached hydrogen (secondary N) is 1. The third kappa shape index (κ3) is 5.87. The Morgan fingerprint density at radius 1 is 1.19 bits per heavy atom. The minimum atomic E-state index is -0.718. The third-order valence-electron chi connectivity index (χ3n) is 6.24. The molecule has 1 fully saturated rings. The van der Waals surface area contributed by atoms with Gasteiger partial charge in [-0.05, 0) is 63.6 Å². The second-order valence-corrected chi connectivity index (χ2v) is 10.5. The predicted molar refractivity (Wildman–Crippen MR) is 137 cm³/mol. The Kier molecular flexibility index (Phi) is 7.65. The van der Waals surface area contributed by atoms with Crippen LogP contribution in [0, 0.1) is 5.92 Å². The molecule has 3 aliphatic heterocycles. The number of fused-ring (bicyclic) bond motifs is 2. The number of aromatic nitrogens is 4. The highest BCUT2D eigenvalue weighted by atomic mass is 35.5. The van der Waals surface area contributed by atoms with Gasteiger partial charge in [0.15, 0.2) is 11.5 Å². The highest BCUT2D eigenvalue weighted by molar-refractivity contribution is 6.32. The summed E-state index contributed by atoms with van der Waals surface area (Å²) in [6.45, 7) is 10.1. The van der Waals surface area contributed by atoms with Crippen LogP contribution in [0.5, 0.6) is 0 Å². The number of aryl methyl sites for hydroxylation is 1. The molecule has 1 aromatic carbocycles. The van der Waals surface area contributed by atoms with Crippen LogP contribution in [0.4, 0.5) is 4.79 Å². The molecule has 3 aliphatic rings. The van der Waals surface area contributed by atoms with Gasteiger partial charge >= 0.3 is 11.8 Å². The molecule has 0 atom stereocenters. The number of hydrogen-bond acceptors (Lipinski definition) is 7. The molecular formula is C25H32ClN5O5. The summed E-state index contributed by atoms with van der Waals surface area (Å²) in [4.78, 5) is 49.0. The normalized spacial score (nSPS) is 15.1. The number of benzene rings is 1. The molecule has 194 valence electrons. The second kappa shape index (κ2) is 10.6. The molecule has 3 heterocycles. The molecule has 4 rings (SSSR count). The monoisotopic (exact) mass is 517 g/mol.